The van der Waals surface area contributed by atoms with Crippen molar-refractivity contribution in [2.45, 2.75) is 32.7 Å². The smallest absolute Gasteiger partial charge is 0.251 e. The van der Waals surface area contributed by atoms with Crippen molar-refractivity contribution in [2.24, 2.45) is 0 Å². The summed E-state index contributed by atoms with van der Waals surface area (Å²) in [4.78, 5) is 12.3. The van der Waals surface area contributed by atoms with E-state index >= 15 is 0 Å². The molecule has 1 atom stereocenters. The molecule has 0 saturated heterocycles. The number of aryl methyl sites for hydroxylation is 1. The number of hydrogen-bond donors (Lipinski definition) is 1. The Hall–Kier alpha value is -2.09. The second-order valence-electron chi connectivity index (χ2n) is 5.09. The third kappa shape index (κ3) is 3.70. The molecule has 2 aromatic carbocycles. The number of nitrogens with one attached hydrogen (secondary N) is 1. The quantitative estimate of drug-likeness (QED) is 0.861. The lowest BCUT2D eigenvalue weighted by Crippen LogP contribution is -2.28. The van der Waals surface area contributed by atoms with Gasteiger partial charge >= 0.3 is 0 Å². The van der Waals surface area contributed by atoms with Gasteiger partial charge in [0.1, 0.15) is 0 Å². The predicted molar refractivity (Wildman–Crippen MR) is 82.7 cm³/mol. The predicted octanol–water partition coefficient (Wildman–Crippen LogP) is 4.27. The average Bonchev–Trinajstić information content (AvgIpc) is 2.47. The van der Waals surface area contributed by atoms with E-state index in [1.807, 2.05) is 49.4 Å². The number of amides is 1. The van der Waals surface area contributed by atoms with Crippen molar-refractivity contribution in [3.05, 3.63) is 71.3 Å². The molecule has 0 fully saturated rings. The zero-order valence-electron chi connectivity index (χ0n) is 12.1. The van der Waals surface area contributed by atoms with Gasteiger partial charge in [-0.15, -0.1) is 0 Å². The summed E-state index contributed by atoms with van der Waals surface area (Å²) in [7, 11) is 0. The lowest BCUT2D eigenvalue weighted by Gasteiger charge is -2.18. The van der Waals surface area contributed by atoms with Crippen molar-refractivity contribution in [3.8, 4) is 0 Å². The minimum absolute atomic E-state index is 0.00370. The van der Waals surface area contributed by atoms with Crippen LogP contribution >= 0.6 is 0 Å². The molecule has 1 unspecified atom stereocenters. The van der Waals surface area contributed by atoms with Crippen molar-refractivity contribution >= 4 is 5.91 Å². The molecule has 0 aromatic heterocycles. The first kappa shape index (κ1) is 14.3. The molecule has 1 amide bonds. The minimum atomic E-state index is -0.00370. The maximum Gasteiger partial charge on any atom is 0.251 e. The number of hydrogen-bond acceptors (Lipinski definition) is 1. The van der Waals surface area contributed by atoms with Crippen LogP contribution in [0, 0.1) is 6.92 Å². The summed E-state index contributed by atoms with van der Waals surface area (Å²) < 4.78 is 0. The topological polar surface area (TPSA) is 29.1 Å². The van der Waals surface area contributed by atoms with E-state index < -0.39 is 0 Å². The van der Waals surface area contributed by atoms with Crippen LogP contribution in [0.3, 0.4) is 0 Å². The Labute approximate surface area is 120 Å². The van der Waals surface area contributed by atoms with E-state index in [-0.39, 0.29) is 11.9 Å². The molecule has 2 heteroatoms. The Morgan fingerprint density at radius 1 is 1.10 bits per heavy atom. The molecular weight excluding hydrogens is 246 g/mol. The molecule has 0 radical (unpaired) electrons. The average molecular weight is 267 g/mol. The van der Waals surface area contributed by atoms with Gasteiger partial charge < -0.3 is 5.32 Å². The molecule has 20 heavy (non-hydrogen) atoms. The van der Waals surface area contributed by atoms with Gasteiger partial charge in [-0.25, -0.2) is 0 Å². The third-order valence-corrected chi connectivity index (χ3v) is 3.36. The number of rotatable bonds is 5. The van der Waals surface area contributed by atoms with E-state index in [2.05, 4.69) is 24.4 Å². The summed E-state index contributed by atoms with van der Waals surface area (Å²) >= 11 is 0. The zero-order valence-corrected chi connectivity index (χ0v) is 12.1. The largest absolute Gasteiger partial charge is 0.345 e. The van der Waals surface area contributed by atoms with E-state index in [0.29, 0.717) is 0 Å². The fourth-order valence-electron chi connectivity index (χ4n) is 2.32. The third-order valence-electron chi connectivity index (χ3n) is 3.36. The Morgan fingerprint density at radius 2 is 1.85 bits per heavy atom. The number of benzene rings is 2. The first-order valence-electron chi connectivity index (χ1n) is 7.13. The first-order chi connectivity index (χ1) is 9.70. The summed E-state index contributed by atoms with van der Waals surface area (Å²) in [6, 6.07) is 17.9. The van der Waals surface area contributed by atoms with Crippen molar-refractivity contribution in [2.75, 3.05) is 0 Å². The van der Waals surface area contributed by atoms with Gasteiger partial charge in [0.2, 0.25) is 0 Å². The highest BCUT2D eigenvalue weighted by atomic mass is 16.1. The molecule has 2 nitrogen and oxygen atoms in total. The minimum Gasteiger partial charge on any atom is -0.345 e. The van der Waals surface area contributed by atoms with Gasteiger partial charge in [-0.05, 0) is 31.0 Å². The molecule has 0 aliphatic carbocycles. The molecule has 0 spiro atoms. The molecule has 1 N–H and O–H groups in total. The van der Waals surface area contributed by atoms with Crippen LogP contribution in [0.5, 0.6) is 0 Å². The second kappa shape index (κ2) is 6.90. The molecule has 0 saturated carbocycles. The normalized spacial score (nSPS) is 11.9. The van der Waals surface area contributed by atoms with E-state index in [0.717, 1.165) is 29.5 Å². The highest BCUT2D eigenvalue weighted by molar-refractivity contribution is 5.94. The van der Waals surface area contributed by atoms with Crippen LogP contribution in [-0.2, 0) is 0 Å². The summed E-state index contributed by atoms with van der Waals surface area (Å²) in [6.45, 7) is 4.13. The second-order valence-corrected chi connectivity index (χ2v) is 5.09. The molecule has 0 bridgehead atoms. The first-order valence-corrected chi connectivity index (χ1v) is 7.13. The summed E-state index contributed by atoms with van der Waals surface area (Å²) in [5.74, 6) is -0.00370. The highest BCUT2D eigenvalue weighted by Gasteiger charge is 2.14. The molecule has 2 aromatic rings. The Kier molecular flexibility index (Phi) is 4.94. The van der Waals surface area contributed by atoms with Crippen LogP contribution in [0.1, 0.15) is 47.3 Å². The maximum absolute atomic E-state index is 12.3. The molecule has 2 rings (SSSR count). The number of carbonyl (C=O) groups excluding carboxylic acids is 1. The van der Waals surface area contributed by atoms with E-state index in [1.165, 1.54) is 0 Å². The lowest BCUT2D eigenvalue weighted by atomic mass is 10.0. The molecular formula is C18H21NO. The van der Waals surface area contributed by atoms with Crippen LogP contribution in [0.25, 0.3) is 0 Å². The monoisotopic (exact) mass is 267 g/mol. The Morgan fingerprint density at radius 3 is 2.50 bits per heavy atom. The molecule has 0 heterocycles. The molecule has 0 aliphatic rings. The maximum atomic E-state index is 12.3. The van der Waals surface area contributed by atoms with Crippen molar-refractivity contribution < 1.29 is 4.79 Å². The SMILES string of the molecule is CCCC(NC(=O)c1cccc(C)c1)c1ccccc1. The Bertz CT molecular complexity index is 563. The fourth-order valence-corrected chi connectivity index (χ4v) is 2.32. The number of carbonyl (C=O) groups is 1. The Balaban J connectivity index is 2.14. The van der Waals surface area contributed by atoms with Crippen LogP contribution in [0.2, 0.25) is 0 Å². The van der Waals surface area contributed by atoms with Crippen LogP contribution < -0.4 is 5.32 Å². The van der Waals surface area contributed by atoms with Crippen LogP contribution in [-0.4, -0.2) is 5.91 Å². The van der Waals surface area contributed by atoms with E-state index in [4.69, 9.17) is 0 Å². The van der Waals surface area contributed by atoms with E-state index in [9.17, 15) is 4.79 Å². The summed E-state index contributed by atoms with van der Waals surface area (Å²) in [6.07, 6.45) is 1.98. The van der Waals surface area contributed by atoms with Gasteiger partial charge in [0.25, 0.3) is 5.91 Å². The van der Waals surface area contributed by atoms with Crippen LogP contribution in [0.15, 0.2) is 54.6 Å². The van der Waals surface area contributed by atoms with Crippen LogP contribution in [0.4, 0.5) is 0 Å². The fraction of sp³-hybridized carbons (Fsp3) is 0.278. The molecule has 104 valence electrons. The highest BCUT2D eigenvalue weighted by Crippen LogP contribution is 2.19. The van der Waals surface area contributed by atoms with Gasteiger partial charge in [0.15, 0.2) is 0 Å². The van der Waals surface area contributed by atoms with Gasteiger partial charge in [-0.1, -0.05) is 61.4 Å². The van der Waals surface area contributed by atoms with Crippen molar-refractivity contribution in [1.29, 1.82) is 0 Å². The van der Waals surface area contributed by atoms with Gasteiger partial charge in [0.05, 0.1) is 6.04 Å². The van der Waals surface area contributed by atoms with Crippen molar-refractivity contribution in [3.63, 3.8) is 0 Å². The van der Waals surface area contributed by atoms with Gasteiger partial charge in [0, 0.05) is 5.56 Å². The van der Waals surface area contributed by atoms with E-state index in [1.54, 1.807) is 0 Å². The van der Waals surface area contributed by atoms with Gasteiger partial charge in [-0.2, -0.15) is 0 Å². The van der Waals surface area contributed by atoms with Crippen molar-refractivity contribution in [1.82, 2.24) is 5.32 Å². The zero-order chi connectivity index (χ0) is 14.4. The molecule has 0 aliphatic heterocycles. The summed E-state index contributed by atoms with van der Waals surface area (Å²) in [5.41, 5.74) is 2.99. The summed E-state index contributed by atoms with van der Waals surface area (Å²) in [5, 5.41) is 3.14. The van der Waals surface area contributed by atoms with Gasteiger partial charge in [-0.3, -0.25) is 4.79 Å². The lowest BCUT2D eigenvalue weighted by molar-refractivity contribution is 0.0934. The standard InChI is InChI=1S/C18H21NO/c1-3-8-17(15-10-5-4-6-11-15)19-18(20)16-12-7-9-14(2)13-16/h4-7,9-13,17H,3,8H2,1-2H3,(H,19,20).